The highest BCUT2D eigenvalue weighted by molar-refractivity contribution is 7.99. The molecule has 0 saturated heterocycles. The maximum absolute atomic E-state index is 12.2. The third-order valence-corrected chi connectivity index (χ3v) is 6.96. The fourth-order valence-corrected chi connectivity index (χ4v) is 4.25. The average molecular weight is 421 g/mol. The SMILES string of the molecule is Cc1ccc(C)c(OCCCSc2nc3cc(S(=O)(=O)N(C)C)ccc3o2)c1. The number of oxazole rings is 1. The third kappa shape index (κ3) is 4.68. The predicted octanol–water partition coefficient (Wildman–Crippen LogP) is 4.26. The first kappa shape index (κ1) is 20.7. The number of thioether (sulfide) groups is 1. The Morgan fingerprint density at radius 2 is 1.93 bits per heavy atom. The lowest BCUT2D eigenvalue weighted by Gasteiger charge is -2.10. The number of hydrogen-bond acceptors (Lipinski definition) is 6. The molecule has 0 fully saturated rings. The van der Waals surface area contributed by atoms with Crippen LogP contribution in [0.3, 0.4) is 0 Å². The number of fused-ring (bicyclic) bond motifs is 1. The molecule has 0 saturated carbocycles. The first-order chi connectivity index (χ1) is 13.3. The van der Waals surface area contributed by atoms with E-state index in [0.717, 1.165) is 23.5 Å². The summed E-state index contributed by atoms with van der Waals surface area (Å²) in [5, 5.41) is 0.529. The molecule has 0 aliphatic heterocycles. The van der Waals surface area contributed by atoms with Crippen molar-refractivity contribution in [2.24, 2.45) is 0 Å². The average Bonchev–Trinajstić information content (AvgIpc) is 3.06. The van der Waals surface area contributed by atoms with Crippen LogP contribution in [0.15, 0.2) is 50.9 Å². The molecular weight excluding hydrogens is 396 g/mol. The largest absolute Gasteiger partial charge is 0.493 e. The van der Waals surface area contributed by atoms with Gasteiger partial charge in [0.25, 0.3) is 5.22 Å². The Morgan fingerprint density at radius 1 is 1.14 bits per heavy atom. The van der Waals surface area contributed by atoms with E-state index in [1.54, 1.807) is 12.1 Å². The Balaban J connectivity index is 1.57. The second kappa shape index (κ2) is 8.55. The molecule has 0 radical (unpaired) electrons. The summed E-state index contributed by atoms with van der Waals surface area (Å²) >= 11 is 1.49. The fourth-order valence-electron chi connectivity index (χ4n) is 2.58. The van der Waals surface area contributed by atoms with E-state index in [-0.39, 0.29) is 4.90 Å². The minimum Gasteiger partial charge on any atom is -0.493 e. The van der Waals surface area contributed by atoms with Crippen molar-refractivity contribution in [2.75, 3.05) is 26.5 Å². The number of rotatable bonds is 8. The summed E-state index contributed by atoms with van der Waals surface area (Å²) in [6.45, 7) is 4.69. The first-order valence-corrected chi connectivity index (χ1v) is 11.4. The van der Waals surface area contributed by atoms with E-state index in [0.29, 0.717) is 22.9 Å². The lowest BCUT2D eigenvalue weighted by molar-refractivity contribution is 0.316. The number of aryl methyl sites for hydroxylation is 2. The number of nitrogens with zero attached hydrogens (tertiary/aromatic N) is 2. The summed E-state index contributed by atoms with van der Waals surface area (Å²) in [5.41, 5.74) is 3.42. The molecule has 3 rings (SSSR count). The number of benzene rings is 2. The van der Waals surface area contributed by atoms with E-state index in [2.05, 4.69) is 17.1 Å². The van der Waals surface area contributed by atoms with Crippen LogP contribution in [0.25, 0.3) is 11.1 Å². The fraction of sp³-hybridized carbons (Fsp3) is 0.350. The van der Waals surface area contributed by atoms with Crippen molar-refractivity contribution in [3.05, 3.63) is 47.5 Å². The Labute approximate surface area is 169 Å². The Bertz CT molecular complexity index is 1070. The molecule has 0 bridgehead atoms. The number of sulfonamides is 1. The van der Waals surface area contributed by atoms with Crippen LogP contribution in [0.5, 0.6) is 5.75 Å². The molecule has 1 heterocycles. The van der Waals surface area contributed by atoms with E-state index in [1.807, 2.05) is 19.9 Å². The van der Waals surface area contributed by atoms with Gasteiger partial charge in [-0.25, -0.2) is 17.7 Å². The van der Waals surface area contributed by atoms with E-state index in [4.69, 9.17) is 9.15 Å². The summed E-state index contributed by atoms with van der Waals surface area (Å²) in [7, 11) is -0.480. The van der Waals surface area contributed by atoms with E-state index >= 15 is 0 Å². The summed E-state index contributed by atoms with van der Waals surface area (Å²) in [5.74, 6) is 1.71. The van der Waals surface area contributed by atoms with Crippen molar-refractivity contribution in [2.45, 2.75) is 30.4 Å². The normalized spacial score (nSPS) is 12.0. The zero-order valence-electron chi connectivity index (χ0n) is 16.4. The molecule has 2 aromatic carbocycles. The summed E-state index contributed by atoms with van der Waals surface area (Å²) in [6.07, 6.45) is 0.844. The van der Waals surface area contributed by atoms with Crippen LogP contribution in [-0.4, -0.2) is 44.2 Å². The van der Waals surface area contributed by atoms with Gasteiger partial charge in [0.15, 0.2) is 5.58 Å². The van der Waals surface area contributed by atoms with Crippen LogP contribution in [0, 0.1) is 13.8 Å². The Kier molecular flexibility index (Phi) is 6.32. The van der Waals surface area contributed by atoms with Gasteiger partial charge in [-0.05, 0) is 55.7 Å². The lowest BCUT2D eigenvalue weighted by Crippen LogP contribution is -2.22. The standard InChI is InChI=1S/C20H24N2O4S2/c1-14-6-7-15(2)19(12-14)25-10-5-11-27-20-21-17-13-16(8-9-18(17)26-20)28(23,24)22(3)4/h6-9,12-13H,5,10-11H2,1-4H3. The molecule has 3 aromatic rings. The Morgan fingerprint density at radius 3 is 2.68 bits per heavy atom. The van der Waals surface area contributed by atoms with Gasteiger partial charge >= 0.3 is 0 Å². The highest BCUT2D eigenvalue weighted by atomic mass is 32.2. The maximum Gasteiger partial charge on any atom is 0.256 e. The molecule has 0 atom stereocenters. The van der Waals surface area contributed by atoms with E-state index in [1.165, 1.54) is 41.8 Å². The number of ether oxygens (including phenoxy) is 1. The molecule has 0 amide bonds. The van der Waals surface area contributed by atoms with Gasteiger partial charge in [0.2, 0.25) is 10.0 Å². The van der Waals surface area contributed by atoms with Crippen LogP contribution in [0.4, 0.5) is 0 Å². The van der Waals surface area contributed by atoms with Crippen molar-refractivity contribution in [1.82, 2.24) is 9.29 Å². The second-order valence-corrected chi connectivity index (χ2v) is 9.91. The minimum atomic E-state index is -3.49. The summed E-state index contributed by atoms with van der Waals surface area (Å²) < 4.78 is 37.2. The van der Waals surface area contributed by atoms with Crippen molar-refractivity contribution >= 4 is 32.9 Å². The van der Waals surface area contributed by atoms with E-state index < -0.39 is 10.0 Å². The molecule has 150 valence electrons. The van der Waals surface area contributed by atoms with Crippen molar-refractivity contribution in [3.8, 4) is 5.75 Å². The molecule has 0 aliphatic rings. The second-order valence-electron chi connectivity index (χ2n) is 6.72. The predicted molar refractivity (Wildman–Crippen MR) is 112 cm³/mol. The molecule has 6 nitrogen and oxygen atoms in total. The zero-order chi connectivity index (χ0) is 20.3. The van der Waals surface area contributed by atoms with Crippen LogP contribution < -0.4 is 4.74 Å². The molecule has 0 N–H and O–H groups in total. The highest BCUT2D eigenvalue weighted by Gasteiger charge is 2.19. The van der Waals surface area contributed by atoms with Crippen LogP contribution in [0.1, 0.15) is 17.5 Å². The Hall–Kier alpha value is -2.03. The van der Waals surface area contributed by atoms with Crippen LogP contribution in [-0.2, 0) is 10.0 Å². The molecule has 28 heavy (non-hydrogen) atoms. The molecule has 0 spiro atoms. The number of hydrogen-bond donors (Lipinski definition) is 0. The lowest BCUT2D eigenvalue weighted by atomic mass is 10.1. The molecule has 0 unspecified atom stereocenters. The molecule has 1 aromatic heterocycles. The van der Waals surface area contributed by atoms with Gasteiger partial charge in [0.1, 0.15) is 11.3 Å². The first-order valence-electron chi connectivity index (χ1n) is 8.93. The molecular formula is C20H24N2O4S2. The monoisotopic (exact) mass is 420 g/mol. The van der Waals surface area contributed by atoms with Gasteiger partial charge in [-0.2, -0.15) is 0 Å². The summed E-state index contributed by atoms with van der Waals surface area (Å²) in [4.78, 5) is 4.61. The smallest absolute Gasteiger partial charge is 0.256 e. The van der Waals surface area contributed by atoms with Gasteiger partial charge in [0, 0.05) is 19.8 Å². The molecule has 0 aliphatic carbocycles. The highest BCUT2D eigenvalue weighted by Crippen LogP contribution is 2.27. The molecule has 8 heteroatoms. The van der Waals surface area contributed by atoms with Crippen LogP contribution in [0.2, 0.25) is 0 Å². The van der Waals surface area contributed by atoms with Crippen LogP contribution >= 0.6 is 11.8 Å². The van der Waals surface area contributed by atoms with Crippen molar-refractivity contribution in [3.63, 3.8) is 0 Å². The van der Waals surface area contributed by atoms with Gasteiger partial charge in [0.05, 0.1) is 11.5 Å². The topological polar surface area (TPSA) is 72.6 Å². The van der Waals surface area contributed by atoms with Gasteiger partial charge < -0.3 is 9.15 Å². The van der Waals surface area contributed by atoms with Crippen molar-refractivity contribution in [1.29, 1.82) is 0 Å². The minimum absolute atomic E-state index is 0.205. The van der Waals surface area contributed by atoms with E-state index in [9.17, 15) is 8.42 Å². The quantitative estimate of drug-likeness (QED) is 0.401. The van der Waals surface area contributed by atoms with Gasteiger partial charge in [-0.3, -0.25) is 0 Å². The summed E-state index contributed by atoms with van der Waals surface area (Å²) in [6, 6.07) is 10.9. The number of aromatic nitrogens is 1. The van der Waals surface area contributed by atoms with Gasteiger partial charge in [-0.15, -0.1) is 0 Å². The third-order valence-electron chi connectivity index (χ3n) is 4.23. The maximum atomic E-state index is 12.2. The zero-order valence-corrected chi connectivity index (χ0v) is 18.1. The van der Waals surface area contributed by atoms with Crippen molar-refractivity contribution < 1.29 is 17.6 Å². The van der Waals surface area contributed by atoms with Gasteiger partial charge in [-0.1, -0.05) is 23.9 Å².